The van der Waals surface area contributed by atoms with Crippen LogP contribution in [0.15, 0.2) is 164 Å². The van der Waals surface area contributed by atoms with Gasteiger partial charge in [0.25, 0.3) is 0 Å². The van der Waals surface area contributed by atoms with E-state index in [0.717, 1.165) is 12.8 Å². The first-order valence-corrected chi connectivity index (χ1v) is 17.9. The molecule has 2 aliphatic rings. The van der Waals surface area contributed by atoms with E-state index >= 15 is 0 Å². The molecule has 0 spiro atoms. The van der Waals surface area contributed by atoms with Gasteiger partial charge in [-0.3, -0.25) is 0 Å². The van der Waals surface area contributed by atoms with Crippen molar-refractivity contribution in [3.05, 3.63) is 208 Å². The van der Waals surface area contributed by atoms with Gasteiger partial charge in [0, 0.05) is 17.3 Å². The molecule has 0 saturated carbocycles. The Labute approximate surface area is 290 Å². The van der Waals surface area contributed by atoms with Crippen molar-refractivity contribution < 1.29 is 0 Å². The predicted octanol–water partition coefficient (Wildman–Crippen LogP) is 12.5. The van der Waals surface area contributed by atoms with E-state index in [-0.39, 0.29) is 11.8 Å². The highest BCUT2D eigenvalue weighted by atomic mass is 14.5. The van der Waals surface area contributed by atoms with Gasteiger partial charge in [-0.15, -0.1) is 0 Å². The summed E-state index contributed by atoms with van der Waals surface area (Å²) in [5.41, 5.74) is 16.0. The smallest absolute Gasteiger partial charge is 0.0415 e. The summed E-state index contributed by atoms with van der Waals surface area (Å²) >= 11 is 0. The lowest BCUT2D eigenvalue weighted by Crippen LogP contribution is -2.40. The van der Waals surface area contributed by atoms with Gasteiger partial charge in [0.05, 0.1) is 0 Å². The van der Waals surface area contributed by atoms with Gasteiger partial charge in [-0.25, -0.2) is 0 Å². The van der Waals surface area contributed by atoms with Crippen molar-refractivity contribution in [1.29, 1.82) is 0 Å². The van der Waals surface area contributed by atoms with E-state index in [9.17, 15) is 0 Å². The molecule has 236 valence electrons. The maximum atomic E-state index is 2.53. The third kappa shape index (κ3) is 4.66. The van der Waals surface area contributed by atoms with Crippen LogP contribution in [0.25, 0.3) is 39.1 Å². The maximum absolute atomic E-state index is 2.53. The number of aryl methyl sites for hydroxylation is 2. The van der Waals surface area contributed by atoms with Crippen molar-refractivity contribution in [2.75, 3.05) is 0 Å². The molecule has 0 aromatic heterocycles. The van der Waals surface area contributed by atoms with Crippen LogP contribution in [0, 0.1) is 0 Å². The Bertz CT molecular complexity index is 2270. The molecule has 1 atom stereocenters. The molecular weight excluding hydrogens is 589 g/mol. The van der Waals surface area contributed by atoms with Crippen LogP contribution in [0.3, 0.4) is 0 Å². The fourth-order valence-corrected chi connectivity index (χ4v) is 9.00. The molecule has 7 aromatic rings. The second kappa shape index (κ2) is 11.9. The molecule has 0 nitrogen and oxygen atoms in total. The Morgan fingerprint density at radius 3 is 1.63 bits per heavy atom. The van der Waals surface area contributed by atoms with E-state index in [1.165, 1.54) is 77.5 Å². The Balaban J connectivity index is 1.35. The van der Waals surface area contributed by atoms with Crippen LogP contribution in [0.4, 0.5) is 0 Å². The maximum Gasteiger partial charge on any atom is 0.0415 e. The Morgan fingerprint density at radius 2 is 1.02 bits per heavy atom. The summed E-state index contributed by atoms with van der Waals surface area (Å²) in [6.07, 6.45) is 6.93. The number of allylic oxidation sites excluding steroid dienone is 1. The van der Waals surface area contributed by atoms with Gasteiger partial charge in [-0.05, 0) is 103 Å². The van der Waals surface area contributed by atoms with Gasteiger partial charge in [0.1, 0.15) is 0 Å². The summed E-state index contributed by atoms with van der Waals surface area (Å²) in [5, 5.41) is 2.55. The fraction of sp³-hybridized carbons (Fsp3) is 0.143. The van der Waals surface area contributed by atoms with Gasteiger partial charge in [-0.1, -0.05) is 172 Å². The van der Waals surface area contributed by atoms with Gasteiger partial charge in [0.2, 0.25) is 0 Å². The van der Waals surface area contributed by atoms with E-state index in [4.69, 9.17) is 0 Å². The van der Waals surface area contributed by atoms with Crippen LogP contribution in [0.1, 0.15) is 70.2 Å². The molecule has 0 radical (unpaired) electrons. The summed E-state index contributed by atoms with van der Waals surface area (Å²) in [7, 11) is 0. The molecule has 0 N–H and O–H groups in total. The van der Waals surface area contributed by atoms with Crippen molar-refractivity contribution in [2.45, 2.75) is 43.9 Å². The minimum absolute atomic E-state index is 0.104. The molecule has 0 heterocycles. The van der Waals surface area contributed by atoms with E-state index in [0.29, 0.717) is 0 Å². The minimum atomic E-state index is -0.412. The average Bonchev–Trinajstić information content (AvgIpc) is 3.74. The Hall–Kier alpha value is -5.46. The van der Waals surface area contributed by atoms with Crippen LogP contribution in [0.5, 0.6) is 0 Å². The summed E-state index contributed by atoms with van der Waals surface area (Å²) < 4.78 is 0. The van der Waals surface area contributed by atoms with Crippen molar-refractivity contribution in [3.8, 4) is 22.3 Å². The summed E-state index contributed by atoms with van der Waals surface area (Å²) in [6.45, 7) is 4.56. The van der Waals surface area contributed by atoms with E-state index in [1.807, 2.05) is 0 Å². The second-order valence-electron chi connectivity index (χ2n) is 13.8. The molecule has 0 amide bonds. The normalized spacial score (nSPS) is 14.9. The third-order valence-electron chi connectivity index (χ3n) is 11.4. The summed E-state index contributed by atoms with van der Waals surface area (Å²) in [6, 6.07) is 60.0. The fourth-order valence-electron chi connectivity index (χ4n) is 9.00. The van der Waals surface area contributed by atoms with E-state index in [1.54, 1.807) is 0 Å². The SMILES string of the molecule is CCc1ccc2c(c1)C(C(c1ccccc1)(c1ccccc1)C1C=Cc3ccc(-c4ccc5ccccc5c4)cc31)c1cc(CC)ccc1-2. The highest BCUT2D eigenvalue weighted by Gasteiger charge is 2.53. The summed E-state index contributed by atoms with van der Waals surface area (Å²) in [5.74, 6) is 0.220. The highest BCUT2D eigenvalue weighted by Crippen LogP contribution is 2.63. The van der Waals surface area contributed by atoms with Crippen molar-refractivity contribution in [3.63, 3.8) is 0 Å². The van der Waals surface area contributed by atoms with E-state index < -0.39 is 5.41 Å². The van der Waals surface area contributed by atoms with Crippen LogP contribution in [-0.4, -0.2) is 0 Å². The number of hydrogen-bond donors (Lipinski definition) is 0. The molecule has 49 heavy (non-hydrogen) atoms. The number of rotatable bonds is 7. The zero-order valence-electron chi connectivity index (χ0n) is 28.2. The zero-order chi connectivity index (χ0) is 33.0. The lowest BCUT2D eigenvalue weighted by atomic mass is 9.55. The first-order chi connectivity index (χ1) is 24.2. The minimum Gasteiger partial charge on any atom is -0.0751 e. The first kappa shape index (κ1) is 29.7. The summed E-state index contributed by atoms with van der Waals surface area (Å²) in [4.78, 5) is 0. The van der Waals surface area contributed by atoms with Gasteiger partial charge >= 0.3 is 0 Å². The van der Waals surface area contributed by atoms with Gasteiger partial charge in [0.15, 0.2) is 0 Å². The highest BCUT2D eigenvalue weighted by molar-refractivity contribution is 5.88. The lowest BCUT2D eigenvalue weighted by molar-refractivity contribution is 0.416. The Morgan fingerprint density at radius 1 is 0.469 bits per heavy atom. The molecule has 0 aliphatic heterocycles. The van der Waals surface area contributed by atoms with Crippen LogP contribution >= 0.6 is 0 Å². The first-order valence-electron chi connectivity index (χ1n) is 17.9. The monoisotopic (exact) mass is 628 g/mol. The van der Waals surface area contributed by atoms with Crippen LogP contribution in [0.2, 0.25) is 0 Å². The number of benzene rings is 7. The average molecular weight is 629 g/mol. The van der Waals surface area contributed by atoms with Crippen molar-refractivity contribution in [2.24, 2.45) is 0 Å². The molecule has 9 rings (SSSR count). The van der Waals surface area contributed by atoms with Crippen molar-refractivity contribution in [1.82, 2.24) is 0 Å². The molecule has 1 unspecified atom stereocenters. The van der Waals surface area contributed by atoms with Crippen LogP contribution < -0.4 is 0 Å². The largest absolute Gasteiger partial charge is 0.0751 e. The molecule has 0 fully saturated rings. The zero-order valence-corrected chi connectivity index (χ0v) is 28.2. The standard InChI is InChI=1S/C49H40/c1-3-33-19-26-42-43-27-20-34(4-2)30-46(43)48(45(42)29-33)49(40-15-7-5-8-16-40,41-17-9-6-10-18-41)47-28-25-36-22-24-39(32-44(36)47)38-23-21-35-13-11-12-14-37(35)31-38/h5-32,47-48H,3-4H2,1-2H3. The molecule has 0 heteroatoms. The van der Waals surface area contributed by atoms with Crippen molar-refractivity contribution >= 4 is 16.8 Å². The second-order valence-corrected chi connectivity index (χ2v) is 13.8. The lowest BCUT2D eigenvalue weighted by Gasteiger charge is -2.46. The molecule has 0 saturated heterocycles. The molecule has 2 aliphatic carbocycles. The van der Waals surface area contributed by atoms with E-state index in [2.05, 4.69) is 184 Å². The van der Waals surface area contributed by atoms with Crippen LogP contribution in [-0.2, 0) is 18.3 Å². The quantitative estimate of drug-likeness (QED) is 0.165. The van der Waals surface area contributed by atoms with Gasteiger partial charge in [-0.2, -0.15) is 0 Å². The Kier molecular flexibility index (Phi) is 7.20. The number of fused-ring (bicyclic) bond motifs is 5. The third-order valence-corrected chi connectivity index (χ3v) is 11.4. The predicted molar refractivity (Wildman–Crippen MR) is 207 cm³/mol. The molecule has 0 bridgehead atoms. The molecular formula is C49H40. The number of hydrogen-bond acceptors (Lipinski definition) is 0. The topological polar surface area (TPSA) is 0 Å². The molecule has 7 aromatic carbocycles. The van der Waals surface area contributed by atoms with Gasteiger partial charge < -0.3 is 0 Å².